The molecular formula is C19H16ClN3OS2. The number of hydrogen-bond acceptors (Lipinski definition) is 5. The zero-order chi connectivity index (χ0) is 18.1. The Morgan fingerprint density at radius 2 is 2.00 bits per heavy atom. The van der Waals surface area contributed by atoms with Gasteiger partial charge in [0.15, 0.2) is 0 Å². The molecule has 0 amide bonds. The molecule has 0 atom stereocenters. The molecule has 3 aromatic heterocycles. The lowest BCUT2D eigenvalue weighted by Crippen LogP contribution is -2.21. The number of nitrogens with zero attached hydrogens (tertiary/aromatic N) is 2. The van der Waals surface area contributed by atoms with Crippen LogP contribution in [0.1, 0.15) is 11.4 Å². The number of aromatic nitrogens is 2. The number of rotatable bonds is 5. The summed E-state index contributed by atoms with van der Waals surface area (Å²) in [6, 6.07) is 11.7. The van der Waals surface area contributed by atoms with E-state index >= 15 is 0 Å². The molecule has 4 nitrogen and oxygen atoms in total. The molecule has 0 radical (unpaired) electrons. The highest BCUT2D eigenvalue weighted by atomic mass is 35.5. The second kappa shape index (κ2) is 7.32. The van der Waals surface area contributed by atoms with Crippen LogP contribution >= 0.6 is 34.3 Å². The lowest BCUT2D eigenvalue weighted by molar-refractivity contribution is 0.311. The Labute approximate surface area is 163 Å². The molecule has 0 saturated carbocycles. The van der Waals surface area contributed by atoms with E-state index in [1.165, 1.54) is 16.9 Å². The summed E-state index contributed by atoms with van der Waals surface area (Å²) in [6.45, 7) is 1.41. The predicted octanol–water partition coefficient (Wildman–Crippen LogP) is 5.00. The van der Waals surface area contributed by atoms with E-state index in [1.54, 1.807) is 11.3 Å². The topological polar surface area (TPSA) is 49.0 Å². The van der Waals surface area contributed by atoms with Gasteiger partial charge in [0.25, 0.3) is 5.56 Å². The third-order valence-electron chi connectivity index (χ3n) is 4.01. The van der Waals surface area contributed by atoms with Crippen molar-refractivity contribution < 1.29 is 0 Å². The van der Waals surface area contributed by atoms with Crippen molar-refractivity contribution in [3.05, 3.63) is 73.9 Å². The first-order valence-corrected chi connectivity index (χ1v) is 10.2. The van der Waals surface area contributed by atoms with E-state index in [0.717, 1.165) is 22.5 Å². The van der Waals surface area contributed by atoms with Gasteiger partial charge >= 0.3 is 0 Å². The van der Waals surface area contributed by atoms with Gasteiger partial charge in [-0.1, -0.05) is 23.7 Å². The van der Waals surface area contributed by atoms with Crippen LogP contribution in [0.25, 0.3) is 20.7 Å². The molecule has 0 unspecified atom stereocenters. The van der Waals surface area contributed by atoms with Crippen LogP contribution in [0.15, 0.2) is 52.0 Å². The molecule has 4 aromatic rings. The fraction of sp³-hybridized carbons (Fsp3) is 0.158. The van der Waals surface area contributed by atoms with Crippen LogP contribution < -0.4 is 5.56 Å². The number of aromatic amines is 1. The van der Waals surface area contributed by atoms with Crippen LogP contribution in [0.2, 0.25) is 5.02 Å². The fourth-order valence-electron chi connectivity index (χ4n) is 2.83. The molecule has 0 aliphatic heterocycles. The summed E-state index contributed by atoms with van der Waals surface area (Å²) in [5.74, 6) is 0.681. The minimum absolute atomic E-state index is 0.0841. The molecule has 0 aliphatic carbocycles. The molecule has 0 spiro atoms. The lowest BCUT2D eigenvalue weighted by Gasteiger charge is -2.14. The van der Waals surface area contributed by atoms with E-state index in [1.807, 2.05) is 37.4 Å². The number of H-pyrrole nitrogens is 1. The molecule has 26 heavy (non-hydrogen) atoms. The van der Waals surface area contributed by atoms with Crippen molar-refractivity contribution in [1.82, 2.24) is 14.9 Å². The zero-order valence-electron chi connectivity index (χ0n) is 14.0. The van der Waals surface area contributed by atoms with Crippen LogP contribution in [-0.2, 0) is 13.1 Å². The summed E-state index contributed by atoms with van der Waals surface area (Å²) in [5.41, 5.74) is 2.95. The van der Waals surface area contributed by atoms with E-state index in [2.05, 4.69) is 31.7 Å². The fourth-order valence-corrected chi connectivity index (χ4v) is 4.61. The van der Waals surface area contributed by atoms with Crippen LogP contribution in [0.3, 0.4) is 0 Å². The maximum Gasteiger partial charge on any atom is 0.268 e. The van der Waals surface area contributed by atoms with Gasteiger partial charge in [0, 0.05) is 16.4 Å². The van der Waals surface area contributed by atoms with Gasteiger partial charge in [-0.15, -0.1) is 11.3 Å². The minimum atomic E-state index is -0.0841. The van der Waals surface area contributed by atoms with Crippen molar-refractivity contribution in [2.24, 2.45) is 0 Å². The highest BCUT2D eigenvalue weighted by Gasteiger charge is 2.12. The first-order chi connectivity index (χ1) is 12.6. The van der Waals surface area contributed by atoms with Crippen molar-refractivity contribution >= 4 is 44.5 Å². The largest absolute Gasteiger partial charge is 0.308 e. The van der Waals surface area contributed by atoms with Crippen molar-refractivity contribution in [2.45, 2.75) is 13.1 Å². The number of fused-ring (bicyclic) bond motifs is 1. The van der Waals surface area contributed by atoms with Gasteiger partial charge in [-0.05, 0) is 53.2 Å². The molecule has 0 fully saturated rings. The van der Waals surface area contributed by atoms with E-state index in [4.69, 9.17) is 11.6 Å². The van der Waals surface area contributed by atoms with Crippen LogP contribution in [-0.4, -0.2) is 21.9 Å². The third kappa shape index (κ3) is 3.73. The maximum absolute atomic E-state index is 12.5. The van der Waals surface area contributed by atoms with Gasteiger partial charge in [-0.25, -0.2) is 4.98 Å². The summed E-state index contributed by atoms with van der Waals surface area (Å²) in [4.78, 5) is 23.2. The van der Waals surface area contributed by atoms with E-state index in [0.29, 0.717) is 22.1 Å². The molecule has 1 aromatic carbocycles. The number of thiophene rings is 2. The van der Waals surface area contributed by atoms with Crippen LogP contribution in [0.5, 0.6) is 0 Å². The van der Waals surface area contributed by atoms with Gasteiger partial charge < -0.3 is 4.98 Å². The summed E-state index contributed by atoms with van der Waals surface area (Å²) >= 11 is 9.09. The zero-order valence-corrected chi connectivity index (χ0v) is 16.4. The Hall–Kier alpha value is -1.99. The van der Waals surface area contributed by atoms with Gasteiger partial charge in [0.2, 0.25) is 0 Å². The second-order valence-corrected chi connectivity index (χ2v) is 8.42. The average Bonchev–Trinajstić information content (AvgIpc) is 3.25. The average molecular weight is 402 g/mol. The smallest absolute Gasteiger partial charge is 0.268 e. The molecule has 0 bridgehead atoms. The normalized spacial score (nSPS) is 11.5. The van der Waals surface area contributed by atoms with Gasteiger partial charge in [-0.2, -0.15) is 11.3 Å². The Morgan fingerprint density at radius 3 is 2.73 bits per heavy atom. The molecular weight excluding hydrogens is 386 g/mol. The second-order valence-electron chi connectivity index (χ2n) is 6.15. The van der Waals surface area contributed by atoms with Crippen molar-refractivity contribution in [1.29, 1.82) is 0 Å². The van der Waals surface area contributed by atoms with Crippen LogP contribution in [0, 0.1) is 0 Å². The summed E-state index contributed by atoms with van der Waals surface area (Å²) in [7, 11) is 2.02. The Kier molecular flexibility index (Phi) is 4.91. The van der Waals surface area contributed by atoms with E-state index in [-0.39, 0.29) is 5.56 Å². The Balaban J connectivity index is 1.61. The number of hydrogen-bond donors (Lipinski definition) is 1. The number of nitrogens with one attached hydrogen (secondary N) is 1. The molecule has 0 saturated heterocycles. The molecule has 132 valence electrons. The molecule has 1 N–H and O–H groups in total. The van der Waals surface area contributed by atoms with Crippen LogP contribution in [0.4, 0.5) is 0 Å². The summed E-state index contributed by atoms with van der Waals surface area (Å²) in [5, 5.41) is 4.90. The first kappa shape index (κ1) is 17.4. The van der Waals surface area contributed by atoms with Gasteiger partial charge in [0.05, 0.1) is 12.1 Å². The quantitative estimate of drug-likeness (QED) is 0.512. The summed E-state index contributed by atoms with van der Waals surface area (Å²) < 4.78 is 0.652. The predicted molar refractivity (Wildman–Crippen MR) is 110 cm³/mol. The monoisotopic (exact) mass is 401 g/mol. The van der Waals surface area contributed by atoms with Crippen molar-refractivity contribution in [3.63, 3.8) is 0 Å². The number of halogens is 1. The minimum Gasteiger partial charge on any atom is -0.308 e. The Morgan fingerprint density at radius 1 is 1.19 bits per heavy atom. The Bertz CT molecular complexity index is 1080. The van der Waals surface area contributed by atoms with E-state index in [9.17, 15) is 4.79 Å². The SMILES string of the molecule is CN(Cc1ccsc1)Cc1nc2cc(-c3ccc(Cl)cc3)sc2c(=O)[nH]1. The molecule has 0 aliphatic rings. The maximum atomic E-state index is 12.5. The third-order valence-corrected chi connectivity index (χ3v) is 6.17. The summed E-state index contributed by atoms with van der Waals surface area (Å²) in [6.07, 6.45) is 0. The molecule has 4 rings (SSSR count). The standard InChI is InChI=1S/C19H16ClN3OS2/c1-23(9-12-6-7-25-11-12)10-17-21-15-8-16(26-18(15)19(24)22-17)13-2-4-14(20)5-3-13/h2-8,11H,9-10H2,1H3,(H,21,22,24). The first-order valence-electron chi connectivity index (χ1n) is 8.07. The van der Waals surface area contributed by atoms with Crippen molar-refractivity contribution in [2.75, 3.05) is 7.05 Å². The van der Waals surface area contributed by atoms with Gasteiger partial charge in [0.1, 0.15) is 10.5 Å². The molecule has 7 heteroatoms. The highest BCUT2D eigenvalue weighted by molar-refractivity contribution is 7.22. The van der Waals surface area contributed by atoms with Gasteiger partial charge in [-0.3, -0.25) is 9.69 Å². The van der Waals surface area contributed by atoms with E-state index < -0.39 is 0 Å². The highest BCUT2D eigenvalue weighted by Crippen LogP contribution is 2.31. The van der Waals surface area contributed by atoms with Crippen molar-refractivity contribution in [3.8, 4) is 10.4 Å². The lowest BCUT2D eigenvalue weighted by atomic mass is 10.2. The molecule has 3 heterocycles. The number of benzene rings is 1.